The zero-order valence-electron chi connectivity index (χ0n) is 13.3. The first-order valence-electron chi connectivity index (χ1n) is 7.90. The molecule has 23 heavy (non-hydrogen) atoms. The van der Waals surface area contributed by atoms with Crippen LogP contribution >= 0.6 is 11.3 Å². The maximum Gasteiger partial charge on any atom is 0.315 e. The van der Waals surface area contributed by atoms with Crippen molar-refractivity contribution < 1.29 is 9.32 Å². The Labute approximate surface area is 138 Å². The summed E-state index contributed by atoms with van der Waals surface area (Å²) in [5, 5.41) is 12.7. The highest BCUT2D eigenvalue weighted by Gasteiger charge is 2.26. The zero-order chi connectivity index (χ0) is 16.2. The van der Waals surface area contributed by atoms with Crippen LogP contribution in [0.25, 0.3) is 0 Å². The summed E-state index contributed by atoms with van der Waals surface area (Å²) in [7, 11) is 0. The molecule has 2 amide bonds. The highest BCUT2D eigenvalue weighted by molar-refractivity contribution is 7.09. The van der Waals surface area contributed by atoms with Gasteiger partial charge >= 0.3 is 6.03 Å². The van der Waals surface area contributed by atoms with E-state index in [0.29, 0.717) is 37.1 Å². The summed E-state index contributed by atoms with van der Waals surface area (Å²) in [5.74, 6) is 2.14. The van der Waals surface area contributed by atoms with Gasteiger partial charge in [0.15, 0.2) is 5.82 Å². The number of amides is 2. The molecule has 124 valence electrons. The number of hydrogen-bond donors (Lipinski definition) is 2. The van der Waals surface area contributed by atoms with E-state index in [1.54, 1.807) is 11.3 Å². The second-order valence-corrected chi connectivity index (χ2v) is 6.90. The number of carbonyl (C=O) groups is 1. The Morgan fingerprint density at radius 3 is 2.91 bits per heavy atom. The normalized spacial score (nSPS) is 14.2. The Hall–Kier alpha value is -1.96. The summed E-state index contributed by atoms with van der Waals surface area (Å²) in [6.07, 6.45) is 3.01. The molecule has 2 aromatic rings. The van der Waals surface area contributed by atoms with Crippen LogP contribution in [0.5, 0.6) is 0 Å². The van der Waals surface area contributed by atoms with Crippen molar-refractivity contribution in [2.75, 3.05) is 6.54 Å². The minimum absolute atomic E-state index is 0.213. The standard InChI is InChI=1S/C15H21N5O2S/c1-9(2)13-19-12(22-20-13)5-6-16-15(21)17-7-11-8-23-14(18-11)10-3-4-10/h8-10H,3-7H2,1-2H3,(H2,16,17,21). The molecule has 8 heteroatoms. The van der Waals surface area contributed by atoms with Crippen molar-refractivity contribution in [3.8, 4) is 0 Å². The first kappa shape index (κ1) is 15.9. The lowest BCUT2D eigenvalue weighted by atomic mass is 10.2. The highest BCUT2D eigenvalue weighted by atomic mass is 32.1. The molecule has 1 fully saturated rings. The Morgan fingerprint density at radius 2 is 2.22 bits per heavy atom. The van der Waals surface area contributed by atoms with Gasteiger partial charge in [0.1, 0.15) is 0 Å². The number of aromatic nitrogens is 3. The third-order valence-corrected chi connectivity index (χ3v) is 4.61. The van der Waals surface area contributed by atoms with Gasteiger partial charge < -0.3 is 15.2 Å². The third kappa shape index (κ3) is 4.51. The van der Waals surface area contributed by atoms with Gasteiger partial charge in [0.2, 0.25) is 5.89 Å². The zero-order valence-corrected chi connectivity index (χ0v) is 14.2. The molecule has 2 N–H and O–H groups in total. The van der Waals surface area contributed by atoms with Crippen LogP contribution in [0.2, 0.25) is 0 Å². The lowest BCUT2D eigenvalue weighted by molar-refractivity contribution is 0.240. The number of nitrogens with zero attached hydrogens (tertiary/aromatic N) is 3. The first-order valence-corrected chi connectivity index (χ1v) is 8.78. The monoisotopic (exact) mass is 335 g/mol. The van der Waals surface area contributed by atoms with Crippen LogP contribution in [0.15, 0.2) is 9.90 Å². The van der Waals surface area contributed by atoms with Crippen molar-refractivity contribution in [2.24, 2.45) is 0 Å². The summed E-state index contributed by atoms with van der Waals surface area (Å²) < 4.78 is 5.13. The van der Waals surface area contributed by atoms with Gasteiger partial charge in [-0.15, -0.1) is 11.3 Å². The van der Waals surface area contributed by atoms with Crippen molar-refractivity contribution in [1.29, 1.82) is 0 Å². The summed E-state index contributed by atoms with van der Waals surface area (Å²) in [6.45, 7) is 4.92. The van der Waals surface area contributed by atoms with Crippen LogP contribution in [0, 0.1) is 0 Å². The number of urea groups is 1. The van der Waals surface area contributed by atoms with E-state index >= 15 is 0 Å². The lowest BCUT2D eigenvalue weighted by Gasteiger charge is -2.04. The van der Waals surface area contributed by atoms with Crippen LogP contribution in [-0.4, -0.2) is 27.7 Å². The molecule has 2 heterocycles. The molecule has 0 spiro atoms. The summed E-state index contributed by atoms with van der Waals surface area (Å²) in [4.78, 5) is 20.6. The van der Waals surface area contributed by atoms with E-state index in [2.05, 4.69) is 25.8 Å². The Kier molecular flexibility index (Phi) is 4.90. The van der Waals surface area contributed by atoms with Gasteiger partial charge in [0.05, 0.1) is 17.2 Å². The molecule has 1 saturated carbocycles. The molecule has 1 aliphatic carbocycles. The van der Waals surface area contributed by atoms with E-state index in [-0.39, 0.29) is 11.9 Å². The molecule has 7 nitrogen and oxygen atoms in total. The Bertz CT molecular complexity index is 662. The van der Waals surface area contributed by atoms with E-state index in [1.165, 1.54) is 17.8 Å². The quantitative estimate of drug-likeness (QED) is 0.811. The van der Waals surface area contributed by atoms with Crippen molar-refractivity contribution in [1.82, 2.24) is 25.8 Å². The number of thiazole rings is 1. The summed E-state index contributed by atoms with van der Waals surface area (Å²) >= 11 is 1.68. The van der Waals surface area contributed by atoms with Crippen LogP contribution in [0.1, 0.15) is 60.9 Å². The molecule has 0 saturated heterocycles. The fraction of sp³-hybridized carbons (Fsp3) is 0.600. The van der Waals surface area contributed by atoms with Crippen LogP contribution in [0.4, 0.5) is 4.79 Å². The van der Waals surface area contributed by atoms with E-state index in [0.717, 1.165) is 5.69 Å². The summed E-state index contributed by atoms with van der Waals surface area (Å²) in [6, 6.07) is -0.213. The SMILES string of the molecule is CC(C)c1noc(CCNC(=O)NCc2csc(C3CC3)n2)n1. The van der Waals surface area contributed by atoms with Gasteiger partial charge in [-0.2, -0.15) is 4.98 Å². The van der Waals surface area contributed by atoms with E-state index in [4.69, 9.17) is 4.52 Å². The van der Waals surface area contributed by atoms with Crippen LogP contribution in [-0.2, 0) is 13.0 Å². The van der Waals surface area contributed by atoms with Crippen LogP contribution < -0.4 is 10.6 Å². The molecule has 0 aliphatic heterocycles. The van der Waals surface area contributed by atoms with Gasteiger partial charge in [-0.25, -0.2) is 9.78 Å². The van der Waals surface area contributed by atoms with Gasteiger partial charge in [-0.1, -0.05) is 19.0 Å². The van der Waals surface area contributed by atoms with Gasteiger partial charge in [-0.05, 0) is 12.8 Å². The minimum Gasteiger partial charge on any atom is -0.339 e. The number of rotatable bonds is 7. The van der Waals surface area contributed by atoms with Crippen molar-refractivity contribution >= 4 is 17.4 Å². The molecule has 0 unspecified atom stereocenters. The van der Waals surface area contributed by atoms with Crippen LogP contribution in [0.3, 0.4) is 0 Å². The molecule has 3 rings (SSSR count). The minimum atomic E-state index is -0.213. The fourth-order valence-electron chi connectivity index (χ4n) is 2.04. The maximum absolute atomic E-state index is 11.8. The number of carbonyl (C=O) groups excluding carboxylic acids is 1. The first-order chi connectivity index (χ1) is 11.1. The number of nitrogens with one attached hydrogen (secondary N) is 2. The Morgan fingerprint density at radius 1 is 1.39 bits per heavy atom. The van der Waals surface area contributed by atoms with E-state index in [1.807, 2.05) is 19.2 Å². The lowest BCUT2D eigenvalue weighted by Crippen LogP contribution is -2.36. The predicted molar refractivity (Wildman–Crippen MR) is 86.4 cm³/mol. The second kappa shape index (κ2) is 7.08. The van der Waals surface area contributed by atoms with E-state index < -0.39 is 0 Å². The van der Waals surface area contributed by atoms with Crippen molar-refractivity contribution in [3.05, 3.63) is 27.8 Å². The van der Waals surface area contributed by atoms with Gasteiger partial charge in [0, 0.05) is 30.2 Å². The van der Waals surface area contributed by atoms with E-state index in [9.17, 15) is 4.79 Å². The molecule has 0 aromatic carbocycles. The largest absolute Gasteiger partial charge is 0.339 e. The average Bonchev–Trinajstić information content (AvgIpc) is 3.08. The topological polar surface area (TPSA) is 92.9 Å². The molecular formula is C15H21N5O2S. The van der Waals surface area contributed by atoms with Crippen molar-refractivity contribution in [3.63, 3.8) is 0 Å². The summed E-state index contributed by atoms with van der Waals surface area (Å²) in [5.41, 5.74) is 0.922. The Balaban J connectivity index is 1.35. The van der Waals surface area contributed by atoms with Gasteiger partial charge in [0.25, 0.3) is 0 Å². The van der Waals surface area contributed by atoms with Gasteiger partial charge in [-0.3, -0.25) is 0 Å². The smallest absolute Gasteiger partial charge is 0.315 e. The highest BCUT2D eigenvalue weighted by Crippen LogP contribution is 2.41. The number of hydrogen-bond acceptors (Lipinski definition) is 6. The fourth-order valence-corrected chi connectivity index (χ4v) is 3.03. The van der Waals surface area contributed by atoms with Crippen molar-refractivity contribution in [2.45, 2.75) is 51.5 Å². The average molecular weight is 335 g/mol. The molecule has 1 aliphatic rings. The maximum atomic E-state index is 11.8. The molecular weight excluding hydrogens is 314 g/mol. The molecule has 0 atom stereocenters. The molecule has 2 aromatic heterocycles. The molecule has 0 radical (unpaired) electrons. The second-order valence-electron chi connectivity index (χ2n) is 6.01. The predicted octanol–water partition coefficient (Wildman–Crippen LogP) is 2.57. The third-order valence-electron chi connectivity index (χ3n) is 3.55. The molecule has 0 bridgehead atoms.